The molecule has 3 aromatic rings. The van der Waals surface area contributed by atoms with Crippen LogP contribution < -0.4 is 10.6 Å². The van der Waals surface area contributed by atoms with Crippen molar-refractivity contribution in [2.45, 2.75) is 0 Å². The molecule has 1 aliphatic heterocycles. The molecule has 1 aliphatic rings. The summed E-state index contributed by atoms with van der Waals surface area (Å²) in [7, 11) is 1.69. The normalized spacial score (nSPS) is 14.3. The number of nitrogens with two attached hydrogens (primary N) is 1. The van der Waals surface area contributed by atoms with E-state index in [0.29, 0.717) is 48.8 Å². The number of amides is 2. The minimum absolute atomic E-state index is 0.0212. The number of hydrogen-bond donors (Lipinski definition) is 2. The van der Waals surface area contributed by atoms with Crippen LogP contribution in [0, 0.1) is 0 Å². The van der Waals surface area contributed by atoms with Gasteiger partial charge in [-0.25, -0.2) is 4.98 Å². The quantitative estimate of drug-likeness (QED) is 0.613. The number of aliphatic carboxylic acids is 1. The smallest absolute Gasteiger partial charge is 0.317 e. The second kappa shape index (κ2) is 9.25. The number of carboxylic acids is 1. The Kier molecular flexibility index (Phi) is 6.23. The topological polar surface area (TPSA) is 120 Å². The number of hydrogen-bond acceptors (Lipinski definition) is 6. The average Bonchev–Trinajstić information content (AvgIpc) is 2.83. The zero-order valence-electron chi connectivity index (χ0n) is 18.3. The van der Waals surface area contributed by atoms with E-state index in [1.54, 1.807) is 47.3 Å². The molecule has 0 spiro atoms. The number of benzene rings is 2. The van der Waals surface area contributed by atoms with Gasteiger partial charge in [0.2, 0.25) is 0 Å². The third kappa shape index (κ3) is 4.78. The number of aromatic nitrogens is 1. The maximum atomic E-state index is 13.0. The molecule has 1 aromatic heterocycles. The molecule has 9 heteroatoms. The van der Waals surface area contributed by atoms with Crippen LogP contribution in [0.3, 0.4) is 0 Å². The van der Waals surface area contributed by atoms with Gasteiger partial charge in [-0.15, -0.1) is 0 Å². The van der Waals surface area contributed by atoms with Crippen molar-refractivity contribution in [3.8, 4) is 0 Å². The summed E-state index contributed by atoms with van der Waals surface area (Å²) in [6.07, 6.45) is 1.64. The first-order chi connectivity index (χ1) is 15.8. The molecule has 4 rings (SSSR count). The van der Waals surface area contributed by atoms with Crippen molar-refractivity contribution < 1.29 is 19.5 Å². The summed E-state index contributed by atoms with van der Waals surface area (Å²) in [6, 6.07) is 14.0. The number of carbonyl (C=O) groups is 3. The Balaban J connectivity index is 1.43. The number of nitrogens with zero attached hydrogens (tertiary/aromatic N) is 4. The van der Waals surface area contributed by atoms with Gasteiger partial charge < -0.3 is 20.6 Å². The van der Waals surface area contributed by atoms with Crippen LogP contribution in [-0.4, -0.2) is 77.4 Å². The summed E-state index contributed by atoms with van der Waals surface area (Å²) < 4.78 is 0. The number of anilines is 2. The van der Waals surface area contributed by atoms with E-state index >= 15 is 0 Å². The molecule has 0 aliphatic carbocycles. The van der Waals surface area contributed by atoms with Crippen molar-refractivity contribution in [1.29, 1.82) is 0 Å². The lowest BCUT2D eigenvalue weighted by atomic mass is 10.1. The first kappa shape index (κ1) is 22.2. The van der Waals surface area contributed by atoms with Gasteiger partial charge in [-0.05, 0) is 47.9 Å². The van der Waals surface area contributed by atoms with E-state index in [1.165, 1.54) is 4.90 Å². The average molecular weight is 447 g/mol. The highest BCUT2D eigenvalue weighted by Crippen LogP contribution is 2.25. The second-order valence-corrected chi connectivity index (χ2v) is 8.01. The summed E-state index contributed by atoms with van der Waals surface area (Å²) in [5, 5.41) is 10.6. The van der Waals surface area contributed by atoms with Crippen molar-refractivity contribution in [1.82, 2.24) is 14.8 Å². The van der Waals surface area contributed by atoms with E-state index < -0.39 is 5.97 Å². The number of carboxylic acid groups (broad SMARTS) is 1. The molecule has 2 amide bonds. The van der Waals surface area contributed by atoms with Gasteiger partial charge in [-0.2, -0.15) is 0 Å². The van der Waals surface area contributed by atoms with Gasteiger partial charge in [-0.1, -0.05) is 6.07 Å². The van der Waals surface area contributed by atoms with Gasteiger partial charge in [-0.3, -0.25) is 19.3 Å². The minimum atomic E-state index is -0.871. The van der Waals surface area contributed by atoms with E-state index in [1.807, 2.05) is 24.3 Å². The highest BCUT2D eigenvalue weighted by atomic mass is 16.4. The van der Waals surface area contributed by atoms with E-state index in [0.717, 1.165) is 10.8 Å². The SMILES string of the molecule is CN(C(=O)c1ccc(C(=O)N2CCN(CC(=O)O)CC2)cc1)c1ccc2ccnc(N)c2c1. The molecule has 0 unspecified atom stereocenters. The van der Waals surface area contributed by atoms with Crippen LogP contribution in [0.1, 0.15) is 20.7 Å². The van der Waals surface area contributed by atoms with Crippen molar-refractivity contribution in [2.75, 3.05) is 50.4 Å². The van der Waals surface area contributed by atoms with E-state index in [-0.39, 0.29) is 18.4 Å². The van der Waals surface area contributed by atoms with E-state index in [2.05, 4.69) is 4.98 Å². The highest BCUT2D eigenvalue weighted by molar-refractivity contribution is 6.07. The van der Waals surface area contributed by atoms with Gasteiger partial charge in [0.05, 0.1) is 6.54 Å². The fourth-order valence-electron chi connectivity index (χ4n) is 3.94. The molecule has 0 atom stereocenters. The Labute approximate surface area is 191 Å². The molecule has 3 N–H and O–H groups in total. The number of rotatable bonds is 5. The molecular formula is C24H25N5O4. The lowest BCUT2D eigenvalue weighted by molar-refractivity contribution is -0.138. The summed E-state index contributed by atoms with van der Waals surface area (Å²) in [4.78, 5) is 45.8. The van der Waals surface area contributed by atoms with Crippen molar-refractivity contribution >= 4 is 40.1 Å². The van der Waals surface area contributed by atoms with Gasteiger partial charge in [0.15, 0.2) is 0 Å². The number of piperazine rings is 1. The first-order valence-electron chi connectivity index (χ1n) is 10.6. The highest BCUT2D eigenvalue weighted by Gasteiger charge is 2.23. The maximum Gasteiger partial charge on any atom is 0.317 e. The Morgan fingerprint density at radius 1 is 1.00 bits per heavy atom. The van der Waals surface area contributed by atoms with Crippen LogP contribution in [0.25, 0.3) is 10.8 Å². The van der Waals surface area contributed by atoms with E-state index in [4.69, 9.17) is 10.8 Å². The predicted molar refractivity (Wildman–Crippen MR) is 125 cm³/mol. The Morgan fingerprint density at radius 2 is 1.67 bits per heavy atom. The number of carbonyl (C=O) groups excluding carboxylic acids is 2. The van der Waals surface area contributed by atoms with Crippen molar-refractivity contribution in [2.24, 2.45) is 0 Å². The number of pyridine rings is 1. The summed E-state index contributed by atoms with van der Waals surface area (Å²) in [6.45, 7) is 1.95. The molecule has 2 aromatic carbocycles. The molecule has 9 nitrogen and oxygen atoms in total. The zero-order chi connectivity index (χ0) is 23.5. The van der Waals surface area contributed by atoms with Crippen LogP contribution in [0.4, 0.5) is 11.5 Å². The van der Waals surface area contributed by atoms with Crippen LogP contribution >= 0.6 is 0 Å². The summed E-state index contributed by atoms with van der Waals surface area (Å²) >= 11 is 0. The fourth-order valence-corrected chi connectivity index (χ4v) is 3.94. The lowest BCUT2D eigenvalue weighted by Gasteiger charge is -2.33. The third-order valence-electron chi connectivity index (χ3n) is 5.87. The molecule has 170 valence electrons. The number of fused-ring (bicyclic) bond motifs is 1. The number of nitrogen functional groups attached to an aromatic ring is 1. The van der Waals surface area contributed by atoms with Crippen molar-refractivity contribution in [3.63, 3.8) is 0 Å². The maximum absolute atomic E-state index is 13.0. The first-order valence-corrected chi connectivity index (χ1v) is 10.6. The zero-order valence-corrected chi connectivity index (χ0v) is 18.3. The molecule has 1 fully saturated rings. The predicted octanol–water partition coefficient (Wildman–Crippen LogP) is 1.94. The van der Waals surface area contributed by atoms with Gasteiger partial charge in [0.25, 0.3) is 11.8 Å². The van der Waals surface area contributed by atoms with Crippen LogP contribution in [-0.2, 0) is 4.79 Å². The van der Waals surface area contributed by atoms with Gasteiger partial charge >= 0.3 is 5.97 Å². The fraction of sp³-hybridized carbons (Fsp3) is 0.250. The lowest BCUT2D eigenvalue weighted by Crippen LogP contribution is -2.49. The molecule has 2 heterocycles. The Morgan fingerprint density at radius 3 is 2.33 bits per heavy atom. The second-order valence-electron chi connectivity index (χ2n) is 8.01. The Hall–Kier alpha value is -3.98. The van der Waals surface area contributed by atoms with Gasteiger partial charge in [0, 0.05) is 61.6 Å². The monoisotopic (exact) mass is 447 g/mol. The van der Waals surface area contributed by atoms with Crippen molar-refractivity contribution in [3.05, 3.63) is 65.9 Å². The molecule has 1 saturated heterocycles. The largest absolute Gasteiger partial charge is 0.480 e. The van der Waals surface area contributed by atoms with Crippen LogP contribution in [0.5, 0.6) is 0 Å². The summed E-state index contributed by atoms with van der Waals surface area (Å²) in [5.41, 5.74) is 7.60. The minimum Gasteiger partial charge on any atom is -0.480 e. The molecule has 0 bridgehead atoms. The van der Waals surface area contributed by atoms with Crippen LogP contribution in [0.2, 0.25) is 0 Å². The molecule has 0 radical (unpaired) electrons. The summed E-state index contributed by atoms with van der Waals surface area (Å²) in [5.74, 6) is -0.807. The Bertz CT molecular complexity index is 1200. The van der Waals surface area contributed by atoms with Gasteiger partial charge in [0.1, 0.15) is 5.82 Å². The third-order valence-corrected chi connectivity index (χ3v) is 5.87. The molecule has 33 heavy (non-hydrogen) atoms. The van der Waals surface area contributed by atoms with E-state index in [9.17, 15) is 14.4 Å². The van der Waals surface area contributed by atoms with Crippen LogP contribution in [0.15, 0.2) is 54.7 Å². The standard InChI is InChI=1S/C24H25N5O4/c1-27(19-7-6-16-8-9-26-22(25)20(16)14-19)23(32)17-2-4-18(5-3-17)24(33)29-12-10-28(11-13-29)15-21(30)31/h2-9,14H,10-13,15H2,1H3,(H2,25,26)(H,30,31). The molecular weight excluding hydrogens is 422 g/mol. The molecule has 0 saturated carbocycles.